The number of hydrogen-bond acceptors (Lipinski definition) is 2. The van der Waals surface area contributed by atoms with Crippen molar-refractivity contribution >= 4 is 11.0 Å². The fourth-order valence-electron chi connectivity index (χ4n) is 3.17. The zero-order chi connectivity index (χ0) is 17.9. The Balaban J connectivity index is 1.77. The monoisotopic (exact) mass is 341 g/mol. The number of rotatable bonds is 4. The van der Waals surface area contributed by atoms with Crippen LogP contribution in [0.3, 0.4) is 0 Å². The summed E-state index contributed by atoms with van der Waals surface area (Å²) in [5.74, 6) is -0.226. The SMILES string of the molecule is N#Cc1cnc2c(c1)cc(-c1ccccc1)n2CCc1ccc(F)cc1. The highest BCUT2D eigenvalue weighted by molar-refractivity contribution is 5.85. The van der Waals surface area contributed by atoms with Gasteiger partial charge in [0.1, 0.15) is 17.5 Å². The Hall–Kier alpha value is -3.45. The summed E-state index contributed by atoms with van der Waals surface area (Å²) in [6, 6.07) is 22.8. The van der Waals surface area contributed by atoms with E-state index >= 15 is 0 Å². The predicted molar refractivity (Wildman–Crippen MR) is 100.0 cm³/mol. The minimum absolute atomic E-state index is 0.226. The van der Waals surface area contributed by atoms with Crippen LogP contribution in [0.5, 0.6) is 0 Å². The molecule has 0 fully saturated rings. The average Bonchev–Trinajstić information content (AvgIpc) is 3.06. The zero-order valence-corrected chi connectivity index (χ0v) is 14.1. The summed E-state index contributed by atoms with van der Waals surface area (Å²) in [5.41, 5.74) is 4.63. The van der Waals surface area contributed by atoms with Gasteiger partial charge in [0, 0.05) is 18.1 Å². The van der Waals surface area contributed by atoms with E-state index in [1.54, 1.807) is 6.20 Å². The molecule has 26 heavy (non-hydrogen) atoms. The maximum absolute atomic E-state index is 13.1. The van der Waals surface area contributed by atoms with Crippen molar-refractivity contribution in [3.05, 3.63) is 89.9 Å². The number of hydrogen-bond donors (Lipinski definition) is 0. The van der Waals surface area contributed by atoms with Gasteiger partial charge in [0.05, 0.1) is 11.3 Å². The number of halogens is 1. The number of nitriles is 1. The van der Waals surface area contributed by atoms with E-state index in [1.165, 1.54) is 12.1 Å². The third-order valence-electron chi connectivity index (χ3n) is 4.47. The summed E-state index contributed by atoms with van der Waals surface area (Å²) in [5, 5.41) is 10.1. The van der Waals surface area contributed by atoms with Gasteiger partial charge in [-0.2, -0.15) is 5.26 Å². The van der Waals surface area contributed by atoms with Gasteiger partial charge in [0.25, 0.3) is 0 Å². The van der Waals surface area contributed by atoms with Gasteiger partial charge in [-0.05, 0) is 41.8 Å². The lowest BCUT2D eigenvalue weighted by atomic mass is 10.1. The molecular formula is C22H16FN3. The molecule has 2 heterocycles. The van der Waals surface area contributed by atoms with Gasteiger partial charge in [-0.1, -0.05) is 42.5 Å². The lowest BCUT2D eigenvalue weighted by Gasteiger charge is -2.11. The van der Waals surface area contributed by atoms with Crippen molar-refractivity contribution in [1.82, 2.24) is 9.55 Å². The second kappa shape index (κ2) is 6.81. The fourth-order valence-corrected chi connectivity index (χ4v) is 3.17. The molecule has 0 aliphatic carbocycles. The van der Waals surface area contributed by atoms with Crippen molar-refractivity contribution in [2.24, 2.45) is 0 Å². The van der Waals surface area contributed by atoms with Gasteiger partial charge in [-0.3, -0.25) is 0 Å². The van der Waals surface area contributed by atoms with E-state index < -0.39 is 0 Å². The van der Waals surface area contributed by atoms with E-state index in [2.05, 4.69) is 33.8 Å². The third-order valence-corrected chi connectivity index (χ3v) is 4.47. The molecule has 0 atom stereocenters. The van der Waals surface area contributed by atoms with Crippen LogP contribution < -0.4 is 0 Å². The van der Waals surface area contributed by atoms with E-state index in [0.29, 0.717) is 5.56 Å². The van der Waals surface area contributed by atoms with Crippen LogP contribution in [-0.2, 0) is 13.0 Å². The summed E-state index contributed by atoms with van der Waals surface area (Å²) in [6.07, 6.45) is 2.37. The molecule has 126 valence electrons. The molecule has 4 rings (SSSR count). The van der Waals surface area contributed by atoms with Gasteiger partial charge in [-0.25, -0.2) is 9.37 Å². The molecule has 0 unspecified atom stereocenters. The van der Waals surface area contributed by atoms with Crippen LogP contribution in [0.4, 0.5) is 4.39 Å². The van der Waals surface area contributed by atoms with E-state index in [4.69, 9.17) is 5.26 Å². The van der Waals surface area contributed by atoms with Crippen LogP contribution >= 0.6 is 0 Å². The molecule has 0 aliphatic rings. The number of nitrogens with zero attached hydrogens (tertiary/aromatic N) is 3. The summed E-state index contributed by atoms with van der Waals surface area (Å²) in [7, 11) is 0. The fraction of sp³-hybridized carbons (Fsp3) is 0.0909. The van der Waals surface area contributed by atoms with Crippen molar-refractivity contribution in [1.29, 1.82) is 5.26 Å². The van der Waals surface area contributed by atoms with E-state index in [0.717, 1.165) is 40.8 Å². The maximum Gasteiger partial charge on any atom is 0.140 e. The van der Waals surface area contributed by atoms with E-state index in [-0.39, 0.29) is 5.82 Å². The maximum atomic E-state index is 13.1. The van der Waals surface area contributed by atoms with Crippen molar-refractivity contribution in [2.75, 3.05) is 0 Å². The highest BCUT2D eigenvalue weighted by atomic mass is 19.1. The average molecular weight is 341 g/mol. The van der Waals surface area contributed by atoms with Gasteiger partial charge < -0.3 is 4.57 Å². The summed E-state index contributed by atoms with van der Waals surface area (Å²) < 4.78 is 15.3. The van der Waals surface area contributed by atoms with Crippen molar-refractivity contribution < 1.29 is 4.39 Å². The van der Waals surface area contributed by atoms with Crippen LogP contribution in [0.1, 0.15) is 11.1 Å². The lowest BCUT2D eigenvalue weighted by molar-refractivity contribution is 0.626. The quantitative estimate of drug-likeness (QED) is 0.526. The van der Waals surface area contributed by atoms with Crippen molar-refractivity contribution in [2.45, 2.75) is 13.0 Å². The molecule has 0 saturated heterocycles. The number of fused-ring (bicyclic) bond motifs is 1. The Morgan fingerprint density at radius 3 is 2.50 bits per heavy atom. The topological polar surface area (TPSA) is 41.6 Å². The van der Waals surface area contributed by atoms with Crippen LogP contribution in [0, 0.1) is 17.1 Å². The van der Waals surface area contributed by atoms with Crippen LogP contribution in [-0.4, -0.2) is 9.55 Å². The highest BCUT2D eigenvalue weighted by Gasteiger charge is 2.12. The molecule has 0 saturated carbocycles. The number of aryl methyl sites for hydroxylation is 2. The van der Waals surface area contributed by atoms with Gasteiger partial charge >= 0.3 is 0 Å². The zero-order valence-electron chi connectivity index (χ0n) is 14.1. The number of aromatic nitrogens is 2. The Morgan fingerprint density at radius 1 is 1.00 bits per heavy atom. The van der Waals surface area contributed by atoms with E-state index in [9.17, 15) is 4.39 Å². The highest BCUT2D eigenvalue weighted by Crippen LogP contribution is 2.28. The molecule has 0 N–H and O–H groups in total. The first-order valence-electron chi connectivity index (χ1n) is 8.44. The first kappa shape index (κ1) is 16.0. The second-order valence-corrected chi connectivity index (χ2v) is 6.17. The minimum atomic E-state index is -0.226. The third kappa shape index (κ3) is 3.07. The Morgan fingerprint density at radius 2 is 1.77 bits per heavy atom. The Bertz CT molecular complexity index is 1090. The van der Waals surface area contributed by atoms with Crippen LogP contribution in [0.25, 0.3) is 22.3 Å². The van der Waals surface area contributed by atoms with Crippen molar-refractivity contribution in [3.63, 3.8) is 0 Å². The molecule has 0 aliphatic heterocycles. The smallest absolute Gasteiger partial charge is 0.140 e. The predicted octanol–water partition coefficient (Wildman–Crippen LogP) is 4.96. The van der Waals surface area contributed by atoms with Crippen LogP contribution in [0.2, 0.25) is 0 Å². The normalized spacial score (nSPS) is 10.8. The molecule has 2 aromatic carbocycles. The summed E-state index contributed by atoms with van der Waals surface area (Å²) >= 11 is 0. The van der Waals surface area contributed by atoms with Gasteiger partial charge in [-0.15, -0.1) is 0 Å². The molecule has 0 spiro atoms. The number of benzene rings is 2. The molecule has 3 nitrogen and oxygen atoms in total. The summed E-state index contributed by atoms with van der Waals surface area (Å²) in [4.78, 5) is 4.50. The number of pyridine rings is 1. The van der Waals surface area contributed by atoms with Crippen LogP contribution in [0.15, 0.2) is 72.9 Å². The molecule has 0 bridgehead atoms. The van der Waals surface area contributed by atoms with Gasteiger partial charge in [0.15, 0.2) is 0 Å². The Labute approximate surface area is 151 Å². The first-order chi connectivity index (χ1) is 12.7. The molecule has 2 aromatic heterocycles. The van der Waals surface area contributed by atoms with E-state index in [1.807, 2.05) is 36.4 Å². The molecule has 4 aromatic rings. The standard InChI is InChI=1S/C22H16FN3/c23-20-8-6-16(7-9-20)10-11-26-21(18-4-2-1-3-5-18)13-19-12-17(14-24)15-25-22(19)26/h1-9,12-13,15H,10-11H2. The second-order valence-electron chi connectivity index (χ2n) is 6.17. The van der Waals surface area contributed by atoms with Crippen molar-refractivity contribution in [3.8, 4) is 17.3 Å². The molecular weight excluding hydrogens is 325 g/mol. The molecule has 4 heteroatoms. The lowest BCUT2D eigenvalue weighted by Crippen LogP contribution is -2.04. The Kier molecular flexibility index (Phi) is 4.20. The first-order valence-corrected chi connectivity index (χ1v) is 8.44. The molecule has 0 amide bonds. The largest absolute Gasteiger partial charge is 0.325 e. The van der Waals surface area contributed by atoms with Gasteiger partial charge in [0.2, 0.25) is 0 Å². The molecule has 0 radical (unpaired) electrons. The summed E-state index contributed by atoms with van der Waals surface area (Å²) in [6.45, 7) is 0.720. The minimum Gasteiger partial charge on any atom is -0.325 e.